The Labute approximate surface area is 141 Å². The predicted octanol–water partition coefficient (Wildman–Crippen LogP) is 3.77. The topological polar surface area (TPSA) is 57.7 Å². The zero-order valence-electron chi connectivity index (χ0n) is 13.4. The third-order valence-electron chi connectivity index (χ3n) is 4.36. The molecule has 6 heteroatoms. The maximum atomic E-state index is 9.38. The molecule has 0 N–H and O–H groups in total. The van der Waals surface area contributed by atoms with Crippen LogP contribution in [0.1, 0.15) is 50.0 Å². The Hall–Kier alpha value is -2.06. The predicted molar refractivity (Wildman–Crippen MR) is 90.8 cm³/mol. The molecule has 1 fully saturated rings. The number of benzene rings is 1. The van der Waals surface area contributed by atoms with Crippen molar-refractivity contribution in [3.63, 3.8) is 0 Å². The van der Waals surface area contributed by atoms with E-state index in [9.17, 15) is 5.26 Å². The number of hydrogen-bond acceptors (Lipinski definition) is 4. The van der Waals surface area contributed by atoms with Crippen molar-refractivity contribution in [3.05, 3.63) is 40.9 Å². The van der Waals surface area contributed by atoms with Gasteiger partial charge in [0.15, 0.2) is 0 Å². The van der Waals surface area contributed by atoms with Crippen molar-refractivity contribution < 1.29 is 0 Å². The Morgan fingerprint density at radius 2 is 2.22 bits per heavy atom. The van der Waals surface area contributed by atoms with Gasteiger partial charge in [-0.15, -0.1) is 10.2 Å². The molecule has 0 radical (unpaired) electrons. The molecule has 1 saturated heterocycles. The zero-order chi connectivity index (χ0) is 16.4. The van der Waals surface area contributed by atoms with E-state index in [1.807, 2.05) is 18.5 Å². The fourth-order valence-corrected chi connectivity index (χ4v) is 3.39. The zero-order valence-corrected chi connectivity index (χ0v) is 14.2. The normalized spacial score (nSPS) is 18.2. The van der Waals surface area contributed by atoms with Crippen LogP contribution in [0.2, 0.25) is 5.02 Å². The van der Waals surface area contributed by atoms with Gasteiger partial charge in [-0.2, -0.15) is 5.26 Å². The highest BCUT2D eigenvalue weighted by atomic mass is 35.5. The van der Waals surface area contributed by atoms with E-state index < -0.39 is 0 Å². The van der Waals surface area contributed by atoms with Crippen molar-refractivity contribution in [1.82, 2.24) is 14.8 Å². The second-order valence-electron chi connectivity index (χ2n) is 6.25. The molecule has 3 rings (SSSR count). The Morgan fingerprint density at radius 1 is 1.39 bits per heavy atom. The smallest absolute Gasteiger partial charge is 0.137 e. The molecule has 1 aliphatic heterocycles. The molecule has 1 atom stereocenters. The molecule has 1 aromatic heterocycles. The maximum absolute atomic E-state index is 9.38. The lowest BCUT2D eigenvalue weighted by molar-refractivity contribution is 0.454. The molecule has 120 valence electrons. The SMILES string of the molecule is CC(C)n1cnnc1C1CCCN(c2ccc(Cl)cc2C#N)C1. The first kappa shape index (κ1) is 15.8. The minimum absolute atomic E-state index is 0.330. The van der Waals surface area contributed by atoms with E-state index >= 15 is 0 Å². The highest BCUT2D eigenvalue weighted by molar-refractivity contribution is 6.30. The van der Waals surface area contributed by atoms with Gasteiger partial charge in [0.2, 0.25) is 0 Å². The Morgan fingerprint density at radius 3 is 2.96 bits per heavy atom. The number of halogens is 1. The molecular formula is C17H20ClN5. The number of anilines is 1. The van der Waals surface area contributed by atoms with Gasteiger partial charge < -0.3 is 9.47 Å². The van der Waals surface area contributed by atoms with Crippen LogP contribution in [0, 0.1) is 11.3 Å². The first-order valence-corrected chi connectivity index (χ1v) is 8.32. The van der Waals surface area contributed by atoms with Crippen LogP contribution >= 0.6 is 11.6 Å². The number of aromatic nitrogens is 3. The number of rotatable bonds is 3. The minimum Gasteiger partial charge on any atom is -0.370 e. The van der Waals surface area contributed by atoms with Crippen LogP contribution in [0.5, 0.6) is 0 Å². The largest absolute Gasteiger partial charge is 0.370 e. The maximum Gasteiger partial charge on any atom is 0.137 e. The summed E-state index contributed by atoms with van der Waals surface area (Å²) >= 11 is 6.01. The van der Waals surface area contributed by atoms with E-state index in [1.54, 1.807) is 6.07 Å². The van der Waals surface area contributed by atoms with Crippen LogP contribution in [-0.4, -0.2) is 27.9 Å². The first-order chi connectivity index (χ1) is 11.1. The van der Waals surface area contributed by atoms with Crippen molar-refractivity contribution in [2.45, 2.75) is 38.6 Å². The van der Waals surface area contributed by atoms with Crippen LogP contribution < -0.4 is 4.90 Å². The summed E-state index contributed by atoms with van der Waals surface area (Å²) in [5.74, 6) is 1.37. The van der Waals surface area contributed by atoms with Crippen molar-refractivity contribution in [3.8, 4) is 6.07 Å². The molecular weight excluding hydrogens is 310 g/mol. The first-order valence-electron chi connectivity index (χ1n) is 7.94. The molecule has 0 spiro atoms. The van der Waals surface area contributed by atoms with E-state index in [0.29, 0.717) is 22.5 Å². The van der Waals surface area contributed by atoms with Crippen LogP contribution in [0.25, 0.3) is 0 Å². The van der Waals surface area contributed by atoms with Gasteiger partial charge in [-0.1, -0.05) is 11.6 Å². The second-order valence-corrected chi connectivity index (χ2v) is 6.69. The molecule has 2 aromatic rings. The summed E-state index contributed by atoms with van der Waals surface area (Å²) < 4.78 is 2.14. The van der Waals surface area contributed by atoms with Crippen LogP contribution in [-0.2, 0) is 0 Å². The molecule has 5 nitrogen and oxygen atoms in total. The summed E-state index contributed by atoms with van der Waals surface area (Å²) in [5, 5.41) is 18.4. The number of nitriles is 1. The fourth-order valence-electron chi connectivity index (χ4n) is 3.22. The Bertz CT molecular complexity index is 731. The van der Waals surface area contributed by atoms with Crippen LogP contribution in [0.3, 0.4) is 0 Å². The summed E-state index contributed by atoms with van der Waals surface area (Å²) in [6.45, 7) is 6.07. The van der Waals surface area contributed by atoms with E-state index in [4.69, 9.17) is 11.6 Å². The molecule has 1 aliphatic rings. The van der Waals surface area contributed by atoms with Gasteiger partial charge in [-0.3, -0.25) is 0 Å². The van der Waals surface area contributed by atoms with Crippen molar-refractivity contribution in [1.29, 1.82) is 5.26 Å². The van der Waals surface area contributed by atoms with Gasteiger partial charge in [-0.05, 0) is 44.9 Å². The molecule has 0 bridgehead atoms. The summed E-state index contributed by atoms with van der Waals surface area (Å²) in [7, 11) is 0. The summed E-state index contributed by atoms with van der Waals surface area (Å²) in [5.41, 5.74) is 1.58. The summed E-state index contributed by atoms with van der Waals surface area (Å²) in [6, 6.07) is 8.12. The molecule has 23 heavy (non-hydrogen) atoms. The van der Waals surface area contributed by atoms with E-state index in [1.165, 1.54) is 0 Å². The van der Waals surface area contributed by atoms with Crippen LogP contribution in [0.4, 0.5) is 5.69 Å². The molecule has 1 aromatic carbocycles. The van der Waals surface area contributed by atoms with Gasteiger partial charge >= 0.3 is 0 Å². The van der Waals surface area contributed by atoms with Crippen molar-refractivity contribution in [2.75, 3.05) is 18.0 Å². The molecule has 2 heterocycles. The van der Waals surface area contributed by atoms with E-state index in [0.717, 1.165) is 37.4 Å². The Kier molecular flexibility index (Phi) is 4.53. The molecule has 0 saturated carbocycles. The lowest BCUT2D eigenvalue weighted by atomic mass is 9.95. The average Bonchev–Trinajstić information content (AvgIpc) is 3.04. The number of hydrogen-bond donors (Lipinski definition) is 0. The highest BCUT2D eigenvalue weighted by Gasteiger charge is 2.27. The van der Waals surface area contributed by atoms with Gasteiger partial charge in [0, 0.05) is 30.1 Å². The minimum atomic E-state index is 0.330. The number of piperidine rings is 1. The third-order valence-corrected chi connectivity index (χ3v) is 4.60. The molecule has 0 aliphatic carbocycles. The lowest BCUT2D eigenvalue weighted by Gasteiger charge is -2.34. The standard InChI is InChI=1S/C17H20ClN5/c1-12(2)23-11-20-21-17(23)13-4-3-7-22(10-13)16-6-5-15(18)8-14(16)9-19/h5-6,8,11-13H,3-4,7,10H2,1-2H3. The average molecular weight is 330 g/mol. The monoisotopic (exact) mass is 329 g/mol. The van der Waals surface area contributed by atoms with Gasteiger partial charge in [0.25, 0.3) is 0 Å². The van der Waals surface area contributed by atoms with E-state index in [2.05, 4.69) is 39.6 Å². The van der Waals surface area contributed by atoms with Crippen LogP contribution in [0.15, 0.2) is 24.5 Å². The fraction of sp³-hybridized carbons (Fsp3) is 0.471. The molecule has 0 amide bonds. The quantitative estimate of drug-likeness (QED) is 0.860. The lowest BCUT2D eigenvalue weighted by Crippen LogP contribution is -2.36. The van der Waals surface area contributed by atoms with Gasteiger partial charge in [-0.25, -0.2) is 0 Å². The Balaban J connectivity index is 1.87. The van der Waals surface area contributed by atoms with Gasteiger partial charge in [0.05, 0.1) is 11.3 Å². The van der Waals surface area contributed by atoms with E-state index in [-0.39, 0.29) is 0 Å². The summed E-state index contributed by atoms with van der Waals surface area (Å²) in [4.78, 5) is 2.27. The molecule has 1 unspecified atom stereocenters. The third kappa shape index (κ3) is 3.18. The van der Waals surface area contributed by atoms with Gasteiger partial charge in [0.1, 0.15) is 18.2 Å². The van der Waals surface area contributed by atoms with Crippen molar-refractivity contribution in [2.24, 2.45) is 0 Å². The highest BCUT2D eigenvalue weighted by Crippen LogP contribution is 2.32. The number of nitrogens with zero attached hydrogens (tertiary/aromatic N) is 5. The second kappa shape index (κ2) is 6.59. The summed E-state index contributed by atoms with van der Waals surface area (Å²) in [6.07, 6.45) is 3.97. The van der Waals surface area contributed by atoms with Crippen molar-refractivity contribution >= 4 is 17.3 Å².